The molecule has 0 bridgehead atoms. The Morgan fingerprint density at radius 1 is 1.00 bits per heavy atom. The molecule has 1 atom stereocenters. The molecule has 1 aromatic carbocycles. The van der Waals surface area contributed by atoms with E-state index in [9.17, 15) is 4.79 Å². The third-order valence-corrected chi connectivity index (χ3v) is 4.00. The van der Waals surface area contributed by atoms with Crippen molar-refractivity contribution in [2.45, 2.75) is 70.1 Å². The van der Waals surface area contributed by atoms with Crippen LogP contribution in [-0.2, 0) is 0 Å². The fourth-order valence-corrected chi connectivity index (χ4v) is 2.66. The van der Waals surface area contributed by atoms with E-state index in [-0.39, 0.29) is 11.2 Å². The molecule has 2 heteroatoms. The summed E-state index contributed by atoms with van der Waals surface area (Å²) in [5.41, 5.74) is 0.776. The predicted molar refractivity (Wildman–Crippen MR) is 87.6 cm³/mol. The Morgan fingerprint density at radius 3 is 2.25 bits per heavy atom. The van der Waals surface area contributed by atoms with E-state index in [1.807, 2.05) is 30.3 Å². The van der Waals surface area contributed by atoms with Crippen LogP contribution in [0.1, 0.15) is 75.1 Å². The molecule has 0 aliphatic carbocycles. The van der Waals surface area contributed by atoms with Crippen molar-refractivity contribution in [1.29, 1.82) is 0 Å². The summed E-state index contributed by atoms with van der Waals surface area (Å²) >= 11 is 6.27. The van der Waals surface area contributed by atoms with Gasteiger partial charge in [-0.2, -0.15) is 0 Å². The Hall–Kier alpha value is -0.820. The summed E-state index contributed by atoms with van der Waals surface area (Å²) in [7, 11) is 0. The van der Waals surface area contributed by atoms with Gasteiger partial charge in [0.25, 0.3) is 0 Å². The van der Waals surface area contributed by atoms with E-state index in [4.69, 9.17) is 11.6 Å². The average molecular weight is 295 g/mol. The lowest BCUT2D eigenvalue weighted by atomic mass is 10.0. The fourth-order valence-electron chi connectivity index (χ4n) is 2.37. The molecule has 0 amide bonds. The fraction of sp³-hybridized carbons (Fsp3) is 0.611. The summed E-state index contributed by atoms with van der Waals surface area (Å²) < 4.78 is 0. The van der Waals surface area contributed by atoms with Crippen LogP contribution in [0.25, 0.3) is 0 Å². The number of alkyl halides is 1. The molecule has 0 saturated heterocycles. The topological polar surface area (TPSA) is 17.1 Å². The van der Waals surface area contributed by atoms with Gasteiger partial charge in [-0.15, -0.1) is 11.6 Å². The number of rotatable bonds is 11. The molecule has 0 spiro atoms. The molecular weight excluding hydrogens is 268 g/mol. The summed E-state index contributed by atoms with van der Waals surface area (Å²) in [5.74, 6) is 0.161. The number of hydrogen-bond donors (Lipinski definition) is 0. The first kappa shape index (κ1) is 17.2. The third-order valence-electron chi connectivity index (χ3n) is 3.62. The van der Waals surface area contributed by atoms with Gasteiger partial charge in [0.2, 0.25) is 0 Å². The van der Waals surface area contributed by atoms with Crippen molar-refractivity contribution in [2.75, 3.05) is 0 Å². The summed E-state index contributed by atoms with van der Waals surface area (Å²) in [6.45, 7) is 2.24. The Labute approximate surface area is 128 Å². The highest BCUT2D eigenvalue weighted by molar-refractivity contribution is 6.22. The lowest BCUT2D eigenvalue weighted by Crippen LogP contribution is -2.08. The van der Waals surface area contributed by atoms with Gasteiger partial charge in [0.15, 0.2) is 5.78 Å². The second-order valence-electron chi connectivity index (χ2n) is 5.50. The smallest absolute Gasteiger partial charge is 0.164 e. The van der Waals surface area contributed by atoms with Gasteiger partial charge in [0, 0.05) is 17.4 Å². The van der Waals surface area contributed by atoms with Gasteiger partial charge in [-0.1, -0.05) is 82.2 Å². The van der Waals surface area contributed by atoms with Gasteiger partial charge >= 0.3 is 0 Å². The van der Waals surface area contributed by atoms with Crippen molar-refractivity contribution in [3.05, 3.63) is 35.9 Å². The quantitative estimate of drug-likeness (QED) is 0.277. The normalized spacial score (nSPS) is 12.3. The zero-order valence-electron chi connectivity index (χ0n) is 12.6. The van der Waals surface area contributed by atoms with Crippen molar-refractivity contribution >= 4 is 17.4 Å². The minimum absolute atomic E-state index is 0.0154. The molecular formula is C18H27ClO. The number of carbonyl (C=O) groups is 1. The monoisotopic (exact) mass is 294 g/mol. The van der Waals surface area contributed by atoms with E-state index in [1.54, 1.807) is 0 Å². The van der Waals surface area contributed by atoms with Crippen molar-refractivity contribution < 1.29 is 4.79 Å². The number of carbonyl (C=O) groups excluding carboxylic acids is 1. The molecule has 1 aromatic rings. The van der Waals surface area contributed by atoms with Crippen LogP contribution in [0.2, 0.25) is 0 Å². The number of unbranched alkanes of at least 4 members (excludes halogenated alkanes) is 6. The zero-order valence-corrected chi connectivity index (χ0v) is 13.4. The maximum absolute atomic E-state index is 12.0. The van der Waals surface area contributed by atoms with E-state index < -0.39 is 0 Å². The highest BCUT2D eigenvalue weighted by Crippen LogP contribution is 2.17. The van der Waals surface area contributed by atoms with Crippen molar-refractivity contribution in [1.82, 2.24) is 0 Å². The Morgan fingerprint density at radius 2 is 1.60 bits per heavy atom. The van der Waals surface area contributed by atoms with Crippen LogP contribution >= 0.6 is 11.6 Å². The van der Waals surface area contributed by atoms with Crippen LogP contribution in [0.15, 0.2) is 30.3 Å². The SMILES string of the molecule is CCCCCCCCCC(Cl)CC(=O)c1ccccc1. The molecule has 20 heavy (non-hydrogen) atoms. The van der Waals surface area contributed by atoms with Gasteiger partial charge in [-0.05, 0) is 6.42 Å². The van der Waals surface area contributed by atoms with Crippen molar-refractivity contribution in [2.24, 2.45) is 0 Å². The number of ketones is 1. The summed E-state index contributed by atoms with van der Waals surface area (Å²) in [5, 5.41) is -0.0154. The summed E-state index contributed by atoms with van der Waals surface area (Å²) in [6.07, 6.45) is 10.4. The highest BCUT2D eigenvalue weighted by Gasteiger charge is 2.12. The standard InChI is InChI=1S/C18H27ClO/c1-2-3-4-5-6-7-11-14-17(19)15-18(20)16-12-9-8-10-13-16/h8-10,12-13,17H,2-7,11,14-15H2,1H3. The van der Waals surface area contributed by atoms with Gasteiger partial charge in [0.1, 0.15) is 0 Å². The van der Waals surface area contributed by atoms with Crippen LogP contribution in [0.5, 0.6) is 0 Å². The first-order valence-electron chi connectivity index (χ1n) is 7.96. The summed E-state index contributed by atoms with van der Waals surface area (Å²) in [4.78, 5) is 12.0. The maximum Gasteiger partial charge on any atom is 0.164 e. The van der Waals surface area contributed by atoms with E-state index in [0.29, 0.717) is 6.42 Å². The molecule has 0 fully saturated rings. The Balaban J connectivity index is 2.08. The van der Waals surface area contributed by atoms with E-state index >= 15 is 0 Å². The molecule has 0 radical (unpaired) electrons. The lowest BCUT2D eigenvalue weighted by Gasteiger charge is -2.08. The van der Waals surface area contributed by atoms with Gasteiger partial charge in [-0.25, -0.2) is 0 Å². The van der Waals surface area contributed by atoms with Crippen LogP contribution in [0.3, 0.4) is 0 Å². The Bertz CT molecular complexity index is 361. The molecule has 1 nitrogen and oxygen atoms in total. The van der Waals surface area contributed by atoms with E-state index in [0.717, 1.165) is 18.4 Å². The van der Waals surface area contributed by atoms with Crippen LogP contribution in [0.4, 0.5) is 0 Å². The number of Topliss-reactive ketones (excluding diaryl/α,β-unsaturated/α-hetero) is 1. The van der Waals surface area contributed by atoms with E-state index in [2.05, 4.69) is 6.92 Å². The molecule has 0 aliphatic rings. The largest absolute Gasteiger partial charge is 0.294 e. The minimum Gasteiger partial charge on any atom is -0.294 e. The van der Waals surface area contributed by atoms with Crippen LogP contribution < -0.4 is 0 Å². The third kappa shape index (κ3) is 7.69. The first-order chi connectivity index (χ1) is 9.74. The lowest BCUT2D eigenvalue weighted by molar-refractivity contribution is 0.0980. The molecule has 1 rings (SSSR count). The van der Waals surface area contributed by atoms with Gasteiger partial charge in [0.05, 0.1) is 0 Å². The molecule has 0 aromatic heterocycles. The summed E-state index contributed by atoms with van der Waals surface area (Å²) in [6, 6.07) is 9.44. The van der Waals surface area contributed by atoms with Crippen molar-refractivity contribution in [3.8, 4) is 0 Å². The van der Waals surface area contributed by atoms with Gasteiger partial charge < -0.3 is 0 Å². The zero-order chi connectivity index (χ0) is 14.6. The average Bonchev–Trinajstić information content (AvgIpc) is 2.47. The van der Waals surface area contributed by atoms with Crippen molar-refractivity contribution in [3.63, 3.8) is 0 Å². The number of halogens is 1. The first-order valence-corrected chi connectivity index (χ1v) is 8.40. The number of benzene rings is 1. The maximum atomic E-state index is 12.0. The highest BCUT2D eigenvalue weighted by atomic mass is 35.5. The van der Waals surface area contributed by atoms with E-state index in [1.165, 1.54) is 38.5 Å². The second-order valence-corrected chi connectivity index (χ2v) is 6.12. The molecule has 112 valence electrons. The molecule has 0 saturated carbocycles. The molecule has 1 unspecified atom stereocenters. The Kier molecular flexibility index (Phi) is 9.40. The second kappa shape index (κ2) is 10.9. The number of hydrogen-bond acceptors (Lipinski definition) is 1. The van der Waals surface area contributed by atoms with Gasteiger partial charge in [-0.3, -0.25) is 4.79 Å². The van der Waals surface area contributed by atoms with Crippen LogP contribution in [-0.4, -0.2) is 11.2 Å². The molecule has 0 heterocycles. The predicted octanol–water partition coefficient (Wildman–Crippen LogP) is 6.01. The molecule has 0 N–H and O–H groups in total. The molecule has 0 aliphatic heterocycles. The van der Waals surface area contributed by atoms with Crippen LogP contribution in [0, 0.1) is 0 Å². The minimum atomic E-state index is -0.0154.